The molecular weight excluding hydrogens is 721 g/mol. The Morgan fingerprint density at radius 3 is 2.20 bits per heavy atom. The number of fused-ring (bicyclic) bond motifs is 1. The molecule has 1 N–H and O–H groups in total. The summed E-state index contributed by atoms with van der Waals surface area (Å²) in [5, 5.41) is 11.6. The molecular formula is C47H68O8Si. The van der Waals surface area contributed by atoms with Crippen molar-refractivity contribution in [3.05, 3.63) is 114 Å². The zero-order valence-corrected chi connectivity index (χ0v) is 36.1. The van der Waals surface area contributed by atoms with Crippen molar-refractivity contribution in [3.63, 3.8) is 0 Å². The number of benzene rings is 3. The van der Waals surface area contributed by atoms with E-state index in [-0.39, 0.29) is 47.4 Å². The van der Waals surface area contributed by atoms with Crippen LogP contribution in [0.2, 0.25) is 18.1 Å². The SMILES string of the molecule is COc1ccc(CO[C@@H]([C@H](C)CCOCc2ccccc2)[C@@H](C)C/C=C\[C@H](O)C[C@@H]2O[C@@H]3CO[C@@H](c4ccccc4)O[C@H]3CC[C@H]2O[Si](C)(C)C(C)(C)C)cc1. The molecule has 2 heterocycles. The Bertz CT molecular complexity index is 1580. The van der Waals surface area contributed by atoms with Gasteiger partial charge in [-0.25, -0.2) is 0 Å². The topological polar surface area (TPSA) is 84.8 Å². The first-order valence-electron chi connectivity index (χ1n) is 20.7. The van der Waals surface area contributed by atoms with E-state index < -0.39 is 20.7 Å². The van der Waals surface area contributed by atoms with Gasteiger partial charge in [-0.15, -0.1) is 0 Å². The number of aliphatic hydroxyl groups excluding tert-OH is 1. The number of ether oxygens (including phenoxy) is 6. The van der Waals surface area contributed by atoms with E-state index in [0.29, 0.717) is 32.8 Å². The minimum absolute atomic E-state index is 0.00488. The van der Waals surface area contributed by atoms with Crippen molar-refractivity contribution in [1.82, 2.24) is 0 Å². The smallest absolute Gasteiger partial charge is 0.192 e. The van der Waals surface area contributed by atoms with Gasteiger partial charge in [0.25, 0.3) is 0 Å². The molecule has 0 aromatic heterocycles. The maximum absolute atomic E-state index is 11.5. The van der Waals surface area contributed by atoms with Gasteiger partial charge >= 0.3 is 0 Å². The van der Waals surface area contributed by atoms with E-state index in [2.05, 4.69) is 78.1 Å². The highest BCUT2D eigenvalue weighted by molar-refractivity contribution is 6.74. The number of methoxy groups -OCH3 is 1. The molecule has 2 aliphatic heterocycles. The van der Waals surface area contributed by atoms with Crippen LogP contribution in [0.25, 0.3) is 0 Å². The molecule has 0 radical (unpaired) electrons. The molecule has 5 rings (SSSR count). The normalized spacial score (nSPS) is 24.2. The van der Waals surface area contributed by atoms with E-state index >= 15 is 0 Å². The fourth-order valence-corrected chi connectivity index (χ4v) is 8.75. The lowest BCUT2D eigenvalue weighted by Gasteiger charge is -2.41. The lowest BCUT2D eigenvalue weighted by molar-refractivity contribution is -0.271. The highest BCUT2D eigenvalue weighted by Gasteiger charge is 2.45. The summed E-state index contributed by atoms with van der Waals surface area (Å²) in [5.41, 5.74) is 3.29. The van der Waals surface area contributed by atoms with Gasteiger partial charge in [-0.2, -0.15) is 0 Å². The van der Waals surface area contributed by atoms with Crippen LogP contribution >= 0.6 is 0 Å². The molecule has 2 fully saturated rings. The van der Waals surface area contributed by atoms with Gasteiger partial charge in [0.15, 0.2) is 14.6 Å². The van der Waals surface area contributed by atoms with Crippen LogP contribution in [0.5, 0.6) is 5.75 Å². The third-order valence-corrected chi connectivity index (χ3v) is 16.3. The standard InChI is InChI=1S/C47H68O8Si/c1-34(45(51-32-37-22-24-40(49-6)25-23-37)35(2)28-29-50-31-36-17-11-9-12-18-36)16-15-21-39(48)30-43-42(55-56(7,8)47(3,4)5)27-26-41-44(53-43)33-52-46(54-41)38-19-13-10-14-20-38/h9-15,17-25,34-35,39,41-46,48H,16,26-33H2,1-8H3/b21-15-/t34-,35+,39-,41-,42+,43-,44+,45+,46+/m0/s1. The third-order valence-electron chi connectivity index (χ3n) is 11.8. The third kappa shape index (κ3) is 13.1. The predicted octanol–water partition coefficient (Wildman–Crippen LogP) is 10.2. The highest BCUT2D eigenvalue weighted by Crippen LogP contribution is 2.41. The van der Waals surface area contributed by atoms with Crippen molar-refractivity contribution in [2.75, 3.05) is 20.3 Å². The van der Waals surface area contributed by atoms with E-state index in [9.17, 15) is 5.11 Å². The molecule has 56 heavy (non-hydrogen) atoms. The van der Waals surface area contributed by atoms with Crippen molar-refractivity contribution in [2.24, 2.45) is 11.8 Å². The van der Waals surface area contributed by atoms with Crippen molar-refractivity contribution in [3.8, 4) is 5.75 Å². The van der Waals surface area contributed by atoms with Crippen molar-refractivity contribution in [1.29, 1.82) is 0 Å². The van der Waals surface area contributed by atoms with Crippen LogP contribution in [-0.2, 0) is 41.3 Å². The van der Waals surface area contributed by atoms with Gasteiger partial charge in [-0.1, -0.05) is 120 Å². The van der Waals surface area contributed by atoms with Crippen LogP contribution in [-0.4, -0.2) is 70.4 Å². The molecule has 0 spiro atoms. The van der Waals surface area contributed by atoms with Gasteiger partial charge in [0.05, 0.1) is 57.5 Å². The Hall–Kier alpha value is -2.86. The maximum Gasteiger partial charge on any atom is 0.192 e. The molecule has 9 heteroatoms. The zero-order chi connectivity index (χ0) is 40.1. The van der Waals surface area contributed by atoms with E-state index in [1.165, 1.54) is 5.56 Å². The largest absolute Gasteiger partial charge is 0.497 e. The molecule has 0 amide bonds. The number of rotatable bonds is 19. The molecule has 0 bridgehead atoms. The summed E-state index contributed by atoms with van der Waals surface area (Å²) in [6.45, 7) is 18.0. The maximum atomic E-state index is 11.5. The fourth-order valence-electron chi connectivity index (χ4n) is 7.37. The summed E-state index contributed by atoms with van der Waals surface area (Å²) >= 11 is 0. The predicted molar refractivity (Wildman–Crippen MR) is 225 cm³/mol. The van der Waals surface area contributed by atoms with Crippen molar-refractivity contribution >= 4 is 8.32 Å². The lowest BCUT2D eigenvalue weighted by Crippen LogP contribution is -2.48. The fraction of sp³-hybridized carbons (Fsp3) is 0.574. The highest BCUT2D eigenvalue weighted by atomic mass is 28.4. The molecule has 3 aromatic rings. The Labute approximate surface area is 338 Å². The van der Waals surface area contributed by atoms with Crippen molar-refractivity contribution < 1.29 is 38.0 Å². The zero-order valence-electron chi connectivity index (χ0n) is 35.1. The summed E-state index contributed by atoms with van der Waals surface area (Å²) in [6.07, 6.45) is 5.82. The van der Waals surface area contributed by atoms with Gasteiger partial charge in [0, 0.05) is 18.6 Å². The number of hydrogen-bond acceptors (Lipinski definition) is 8. The van der Waals surface area contributed by atoms with Crippen molar-refractivity contribution in [2.45, 2.75) is 141 Å². The van der Waals surface area contributed by atoms with Gasteiger partial charge in [-0.05, 0) is 78.9 Å². The molecule has 0 aliphatic carbocycles. The van der Waals surface area contributed by atoms with Crippen LogP contribution in [0.15, 0.2) is 97.1 Å². The Balaban J connectivity index is 1.21. The quantitative estimate of drug-likeness (QED) is 0.0730. The lowest BCUT2D eigenvalue weighted by atomic mass is 9.88. The molecule has 0 saturated carbocycles. The average Bonchev–Trinajstić information content (AvgIpc) is 3.35. The molecule has 2 aliphatic rings. The summed E-state index contributed by atoms with van der Waals surface area (Å²) in [7, 11) is -0.456. The first kappa shape index (κ1) is 44.2. The molecule has 3 aromatic carbocycles. The second-order valence-corrected chi connectivity index (χ2v) is 22.1. The van der Waals surface area contributed by atoms with Crippen LogP contribution in [0, 0.1) is 11.8 Å². The second-order valence-electron chi connectivity index (χ2n) is 17.3. The van der Waals surface area contributed by atoms with E-state index in [0.717, 1.165) is 42.6 Å². The van der Waals surface area contributed by atoms with Gasteiger partial charge in [0.1, 0.15) is 11.9 Å². The Kier molecular flexibility index (Phi) is 16.8. The molecule has 8 nitrogen and oxygen atoms in total. The molecule has 0 unspecified atom stereocenters. The Morgan fingerprint density at radius 2 is 1.52 bits per heavy atom. The summed E-state index contributed by atoms with van der Waals surface area (Å²) in [5.74, 6) is 1.30. The molecule has 9 atom stereocenters. The minimum atomic E-state index is -2.13. The number of hydrogen-bond donors (Lipinski definition) is 1. The van der Waals surface area contributed by atoms with Crippen LogP contribution in [0.1, 0.15) is 89.7 Å². The number of allylic oxidation sites excluding steroid dienone is 1. The van der Waals surface area contributed by atoms with Gasteiger partial charge < -0.3 is 38.0 Å². The summed E-state index contributed by atoms with van der Waals surface area (Å²) < 4.78 is 44.6. The second kappa shape index (κ2) is 21.2. The van der Waals surface area contributed by atoms with Gasteiger partial charge in [-0.3, -0.25) is 0 Å². The average molecular weight is 789 g/mol. The molecule has 308 valence electrons. The van der Waals surface area contributed by atoms with Gasteiger partial charge in [0.2, 0.25) is 0 Å². The number of aliphatic hydroxyl groups is 1. The summed E-state index contributed by atoms with van der Waals surface area (Å²) in [6, 6.07) is 28.4. The van der Waals surface area contributed by atoms with E-state index in [4.69, 9.17) is 32.8 Å². The summed E-state index contributed by atoms with van der Waals surface area (Å²) in [4.78, 5) is 0. The Morgan fingerprint density at radius 1 is 0.839 bits per heavy atom. The first-order chi connectivity index (χ1) is 26.8. The van der Waals surface area contributed by atoms with E-state index in [1.54, 1.807) is 7.11 Å². The monoisotopic (exact) mass is 788 g/mol. The van der Waals surface area contributed by atoms with Crippen LogP contribution in [0.3, 0.4) is 0 Å². The van der Waals surface area contributed by atoms with E-state index in [1.807, 2.05) is 66.7 Å². The van der Waals surface area contributed by atoms with Crippen LogP contribution in [0.4, 0.5) is 0 Å². The molecule has 2 saturated heterocycles. The first-order valence-corrected chi connectivity index (χ1v) is 23.6. The van der Waals surface area contributed by atoms with Crippen LogP contribution < -0.4 is 4.74 Å². The minimum Gasteiger partial charge on any atom is -0.497 e.